The zero-order chi connectivity index (χ0) is 14.1. The molecule has 0 amide bonds. The summed E-state index contributed by atoms with van der Waals surface area (Å²) in [4.78, 5) is 0.364. The summed E-state index contributed by atoms with van der Waals surface area (Å²) < 4.78 is 47.9. The number of benzene rings is 1. The molecule has 1 unspecified atom stereocenters. The summed E-state index contributed by atoms with van der Waals surface area (Å²) in [5.41, 5.74) is 0.752. The van der Waals surface area contributed by atoms with Crippen molar-refractivity contribution in [1.82, 2.24) is 10.0 Å². The Morgan fingerprint density at radius 3 is 2.63 bits per heavy atom. The largest absolute Gasteiger partial charge is 0.308 e. The third-order valence-electron chi connectivity index (χ3n) is 2.90. The highest BCUT2D eigenvalue weighted by Crippen LogP contribution is 2.32. The van der Waals surface area contributed by atoms with Crippen molar-refractivity contribution < 1.29 is 16.8 Å². The molecular formula is C11H16N2O4S2. The summed E-state index contributed by atoms with van der Waals surface area (Å²) in [6.45, 7) is 0.610. The van der Waals surface area contributed by atoms with Gasteiger partial charge in [-0.05, 0) is 11.6 Å². The molecule has 0 saturated heterocycles. The Balaban J connectivity index is 2.01. The predicted octanol–water partition coefficient (Wildman–Crippen LogP) is -0.346. The molecular weight excluding hydrogens is 288 g/mol. The topological polar surface area (TPSA) is 92.3 Å². The number of hydrogen-bond donors (Lipinski definition) is 2. The monoisotopic (exact) mass is 304 g/mol. The van der Waals surface area contributed by atoms with Gasteiger partial charge in [0.25, 0.3) is 0 Å². The summed E-state index contributed by atoms with van der Waals surface area (Å²) in [7, 11) is -6.43. The molecule has 0 aromatic heterocycles. The molecule has 19 heavy (non-hydrogen) atoms. The van der Waals surface area contributed by atoms with E-state index in [1.54, 1.807) is 24.3 Å². The zero-order valence-corrected chi connectivity index (χ0v) is 12.1. The van der Waals surface area contributed by atoms with E-state index < -0.39 is 19.9 Å². The Bertz CT molecular complexity index is 668. The Morgan fingerprint density at radius 1 is 1.26 bits per heavy atom. The molecule has 0 bridgehead atoms. The molecule has 1 aromatic rings. The van der Waals surface area contributed by atoms with Crippen molar-refractivity contribution in [2.75, 3.05) is 25.1 Å². The summed E-state index contributed by atoms with van der Waals surface area (Å²) in [5.74, 6) is 0.0191. The molecule has 1 atom stereocenters. The first-order valence-electron chi connectivity index (χ1n) is 5.79. The van der Waals surface area contributed by atoms with E-state index in [2.05, 4.69) is 10.0 Å². The van der Waals surface area contributed by atoms with E-state index in [9.17, 15) is 16.8 Å². The average Bonchev–Trinajstić information content (AvgIpc) is 2.57. The van der Waals surface area contributed by atoms with Crippen molar-refractivity contribution in [3.8, 4) is 0 Å². The minimum Gasteiger partial charge on any atom is -0.308 e. The number of sulfonamides is 1. The highest BCUT2D eigenvalue weighted by Gasteiger charge is 2.33. The van der Waals surface area contributed by atoms with E-state index in [0.29, 0.717) is 11.4 Å². The lowest BCUT2D eigenvalue weighted by Crippen LogP contribution is -2.33. The molecule has 106 valence electrons. The van der Waals surface area contributed by atoms with Crippen LogP contribution in [0.3, 0.4) is 0 Å². The molecule has 0 fully saturated rings. The SMILES string of the molecule is CS(=O)(=O)NCCNC1CS(=O)(=O)c2ccccc21. The van der Waals surface area contributed by atoms with Crippen molar-refractivity contribution in [2.24, 2.45) is 0 Å². The first-order valence-corrected chi connectivity index (χ1v) is 9.34. The van der Waals surface area contributed by atoms with Crippen LogP contribution in [-0.4, -0.2) is 41.9 Å². The standard InChI is InChI=1S/C11H16N2O4S2/c1-18(14,15)13-7-6-12-10-8-19(16,17)11-5-3-2-4-9(10)11/h2-5,10,12-13H,6-8H2,1H3. The molecule has 1 aliphatic heterocycles. The lowest BCUT2D eigenvalue weighted by Gasteiger charge is -2.12. The lowest BCUT2D eigenvalue weighted by molar-refractivity contribution is 0.553. The van der Waals surface area contributed by atoms with Gasteiger partial charge in [-0.15, -0.1) is 0 Å². The van der Waals surface area contributed by atoms with Crippen molar-refractivity contribution in [3.63, 3.8) is 0 Å². The van der Waals surface area contributed by atoms with Gasteiger partial charge in [-0.1, -0.05) is 18.2 Å². The molecule has 0 radical (unpaired) electrons. The molecule has 0 saturated carbocycles. The molecule has 0 spiro atoms. The number of rotatable bonds is 5. The van der Waals surface area contributed by atoms with Gasteiger partial charge in [0.1, 0.15) is 0 Å². The fraction of sp³-hybridized carbons (Fsp3) is 0.455. The van der Waals surface area contributed by atoms with Crippen LogP contribution < -0.4 is 10.0 Å². The second kappa shape index (κ2) is 5.20. The highest BCUT2D eigenvalue weighted by molar-refractivity contribution is 7.91. The maximum absolute atomic E-state index is 11.9. The first kappa shape index (κ1) is 14.4. The Hall–Kier alpha value is -0.960. The van der Waals surface area contributed by atoms with Gasteiger partial charge < -0.3 is 5.32 Å². The number of hydrogen-bond acceptors (Lipinski definition) is 5. The fourth-order valence-corrected chi connectivity index (χ4v) is 4.35. The van der Waals surface area contributed by atoms with Crippen molar-refractivity contribution in [3.05, 3.63) is 29.8 Å². The second-order valence-corrected chi connectivity index (χ2v) is 8.33. The third kappa shape index (κ3) is 3.53. The van der Waals surface area contributed by atoms with Crippen LogP contribution in [-0.2, 0) is 19.9 Å². The second-order valence-electron chi connectivity index (χ2n) is 4.49. The van der Waals surface area contributed by atoms with E-state index in [4.69, 9.17) is 0 Å². The Kier molecular flexibility index (Phi) is 3.95. The molecule has 6 nitrogen and oxygen atoms in total. The summed E-state index contributed by atoms with van der Waals surface area (Å²) in [6.07, 6.45) is 1.09. The molecule has 2 N–H and O–H groups in total. The van der Waals surface area contributed by atoms with Gasteiger partial charge in [-0.25, -0.2) is 21.6 Å². The van der Waals surface area contributed by atoms with Crippen LogP contribution in [0.2, 0.25) is 0 Å². The van der Waals surface area contributed by atoms with Crippen LogP contribution in [0.1, 0.15) is 11.6 Å². The molecule has 0 aliphatic carbocycles. The van der Waals surface area contributed by atoms with Gasteiger partial charge >= 0.3 is 0 Å². The van der Waals surface area contributed by atoms with Crippen molar-refractivity contribution >= 4 is 19.9 Å². The Labute approximate surface area is 113 Å². The van der Waals surface area contributed by atoms with E-state index in [0.717, 1.165) is 11.8 Å². The van der Waals surface area contributed by atoms with Crippen LogP contribution in [0, 0.1) is 0 Å². The van der Waals surface area contributed by atoms with E-state index in [-0.39, 0.29) is 18.3 Å². The summed E-state index contributed by atoms with van der Waals surface area (Å²) in [5, 5.41) is 3.06. The van der Waals surface area contributed by atoms with E-state index in [1.807, 2.05) is 0 Å². The van der Waals surface area contributed by atoms with Gasteiger partial charge in [0.05, 0.1) is 16.9 Å². The molecule has 1 heterocycles. The third-order valence-corrected chi connectivity index (χ3v) is 5.44. The minimum absolute atomic E-state index is 0.0191. The van der Waals surface area contributed by atoms with Crippen LogP contribution in [0.4, 0.5) is 0 Å². The van der Waals surface area contributed by atoms with Gasteiger partial charge in [0, 0.05) is 19.1 Å². The maximum Gasteiger partial charge on any atom is 0.208 e. The number of nitrogens with one attached hydrogen (secondary N) is 2. The molecule has 2 rings (SSSR count). The van der Waals surface area contributed by atoms with E-state index in [1.165, 1.54) is 0 Å². The Morgan fingerprint density at radius 2 is 1.95 bits per heavy atom. The summed E-state index contributed by atoms with van der Waals surface area (Å²) in [6, 6.07) is 6.60. The minimum atomic E-state index is -3.22. The van der Waals surface area contributed by atoms with Crippen molar-refractivity contribution in [2.45, 2.75) is 10.9 Å². The molecule has 8 heteroatoms. The van der Waals surface area contributed by atoms with Gasteiger partial charge in [0.2, 0.25) is 10.0 Å². The van der Waals surface area contributed by atoms with Crippen LogP contribution in [0.25, 0.3) is 0 Å². The molecule has 1 aromatic carbocycles. The quantitative estimate of drug-likeness (QED) is 0.726. The predicted molar refractivity (Wildman–Crippen MR) is 72.1 cm³/mol. The van der Waals surface area contributed by atoms with Gasteiger partial charge in [-0.2, -0.15) is 0 Å². The van der Waals surface area contributed by atoms with Gasteiger partial charge in [-0.3, -0.25) is 0 Å². The molecule has 1 aliphatic rings. The smallest absolute Gasteiger partial charge is 0.208 e. The van der Waals surface area contributed by atoms with Crippen LogP contribution in [0.5, 0.6) is 0 Å². The number of sulfone groups is 1. The number of fused-ring (bicyclic) bond motifs is 1. The van der Waals surface area contributed by atoms with Crippen LogP contribution >= 0.6 is 0 Å². The van der Waals surface area contributed by atoms with E-state index >= 15 is 0 Å². The average molecular weight is 304 g/mol. The first-order chi connectivity index (χ1) is 8.80. The highest BCUT2D eigenvalue weighted by atomic mass is 32.2. The lowest BCUT2D eigenvalue weighted by atomic mass is 10.1. The zero-order valence-electron chi connectivity index (χ0n) is 10.5. The van der Waals surface area contributed by atoms with Crippen LogP contribution in [0.15, 0.2) is 29.2 Å². The normalized spacial score (nSPS) is 21.2. The van der Waals surface area contributed by atoms with Crippen molar-refractivity contribution in [1.29, 1.82) is 0 Å². The summed E-state index contributed by atoms with van der Waals surface area (Å²) >= 11 is 0. The van der Waals surface area contributed by atoms with Gasteiger partial charge in [0.15, 0.2) is 9.84 Å². The maximum atomic E-state index is 11.9. The fourth-order valence-electron chi connectivity index (χ4n) is 2.10.